The summed E-state index contributed by atoms with van der Waals surface area (Å²) >= 11 is 0. The van der Waals surface area contributed by atoms with Crippen molar-refractivity contribution >= 4 is 0 Å². The molecule has 0 bridgehead atoms. The second kappa shape index (κ2) is 7.68. The Balaban J connectivity index is 2.28. The number of nitrogens with one attached hydrogen (secondary N) is 1. The van der Waals surface area contributed by atoms with Crippen LogP contribution in [0.25, 0.3) is 0 Å². The molecule has 0 saturated carbocycles. The van der Waals surface area contributed by atoms with Crippen molar-refractivity contribution in [3.05, 3.63) is 18.1 Å². The van der Waals surface area contributed by atoms with Crippen molar-refractivity contribution < 1.29 is 4.74 Å². The van der Waals surface area contributed by atoms with Crippen molar-refractivity contribution in [3.8, 4) is 5.88 Å². The molecule has 21 heavy (non-hydrogen) atoms. The molecule has 0 radical (unpaired) electrons. The maximum absolute atomic E-state index is 5.41. The van der Waals surface area contributed by atoms with E-state index in [-0.39, 0.29) is 6.04 Å². The third-order valence-electron chi connectivity index (χ3n) is 4.08. The molecule has 1 aromatic heterocycles. The number of hydrogen-bond donors (Lipinski definition) is 1. The van der Waals surface area contributed by atoms with Crippen LogP contribution in [0.3, 0.4) is 0 Å². The highest BCUT2D eigenvalue weighted by Gasteiger charge is 2.33. The lowest BCUT2D eigenvalue weighted by Gasteiger charge is -2.42. The zero-order chi connectivity index (χ0) is 15.2. The largest absolute Gasteiger partial charge is 0.480 e. The fourth-order valence-electron chi connectivity index (χ4n) is 2.83. The SMILES string of the molecule is CCCNC(c1nccnc1OC)C1CN(C)CCN1C. The number of nitrogens with zero attached hydrogens (tertiary/aromatic N) is 4. The van der Waals surface area contributed by atoms with Gasteiger partial charge in [-0.3, -0.25) is 9.88 Å². The fraction of sp³-hybridized carbons (Fsp3) is 0.733. The molecule has 0 spiro atoms. The molecule has 6 heteroatoms. The van der Waals surface area contributed by atoms with Crippen LogP contribution < -0.4 is 10.1 Å². The first-order valence-corrected chi connectivity index (χ1v) is 7.64. The van der Waals surface area contributed by atoms with Gasteiger partial charge in [0.2, 0.25) is 5.88 Å². The predicted molar refractivity (Wildman–Crippen MR) is 83.5 cm³/mol. The zero-order valence-electron chi connectivity index (χ0n) is 13.5. The van der Waals surface area contributed by atoms with Crippen molar-refractivity contribution in [1.82, 2.24) is 25.1 Å². The summed E-state index contributed by atoms with van der Waals surface area (Å²) < 4.78 is 5.41. The lowest BCUT2D eigenvalue weighted by Crippen LogP contribution is -2.55. The molecule has 118 valence electrons. The average Bonchev–Trinajstić information content (AvgIpc) is 2.51. The topological polar surface area (TPSA) is 53.5 Å². The van der Waals surface area contributed by atoms with Crippen LogP contribution in [0.15, 0.2) is 12.4 Å². The molecule has 0 amide bonds. The summed E-state index contributed by atoms with van der Waals surface area (Å²) in [4.78, 5) is 13.6. The minimum atomic E-state index is 0.126. The van der Waals surface area contributed by atoms with Crippen LogP contribution in [0.2, 0.25) is 0 Å². The highest BCUT2D eigenvalue weighted by molar-refractivity contribution is 5.23. The molecule has 1 aliphatic rings. The number of hydrogen-bond acceptors (Lipinski definition) is 6. The molecule has 0 aliphatic carbocycles. The Morgan fingerprint density at radius 2 is 2.10 bits per heavy atom. The van der Waals surface area contributed by atoms with Gasteiger partial charge in [0.15, 0.2) is 0 Å². The van der Waals surface area contributed by atoms with E-state index in [9.17, 15) is 0 Å². The summed E-state index contributed by atoms with van der Waals surface area (Å²) in [6.07, 6.45) is 4.51. The summed E-state index contributed by atoms with van der Waals surface area (Å²) in [6.45, 7) is 6.31. The normalized spacial score (nSPS) is 22.2. The van der Waals surface area contributed by atoms with Crippen molar-refractivity contribution in [3.63, 3.8) is 0 Å². The van der Waals surface area contributed by atoms with Gasteiger partial charge in [-0.1, -0.05) is 6.92 Å². The smallest absolute Gasteiger partial charge is 0.237 e. The molecular weight excluding hydrogens is 266 g/mol. The van der Waals surface area contributed by atoms with Crippen LogP contribution in [-0.2, 0) is 0 Å². The molecule has 1 saturated heterocycles. The Hall–Kier alpha value is -1.24. The van der Waals surface area contributed by atoms with Gasteiger partial charge >= 0.3 is 0 Å². The van der Waals surface area contributed by atoms with Gasteiger partial charge < -0.3 is 15.0 Å². The molecule has 6 nitrogen and oxygen atoms in total. The van der Waals surface area contributed by atoms with Crippen LogP contribution in [0.5, 0.6) is 5.88 Å². The Labute approximate surface area is 127 Å². The Bertz CT molecular complexity index is 442. The summed E-state index contributed by atoms with van der Waals surface area (Å²) in [7, 11) is 6.01. The summed E-state index contributed by atoms with van der Waals surface area (Å²) in [6, 6.07) is 0.488. The van der Waals surface area contributed by atoms with Gasteiger partial charge in [-0.05, 0) is 27.1 Å². The van der Waals surface area contributed by atoms with E-state index < -0.39 is 0 Å². The number of methoxy groups -OCH3 is 1. The number of ether oxygens (including phenoxy) is 1. The van der Waals surface area contributed by atoms with Gasteiger partial charge in [-0.25, -0.2) is 4.98 Å². The van der Waals surface area contributed by atoms with E-state index in [1.807, 2.05) is 0 Å². The van der Waals surface area contributed by atoms with Crippen LogP contribution in [-0.4, -0.2) is 73.2 Å². The Morgan fingerprint density at radius 1 is 1.33 bits per heavy atom. The van der Waals surface area contributed by atoms with Gasteiger partial charge in [0.1, 0.15) is 5.69 Å². The van der Waals surface area contributed by atoms with Gasteiger partial charge in [0, 0.05) is 38.1 Å². The number of aromatic nitrogens is 2. The minimum absolute atomic E-state index is 0.126. The lowest BCUT2D eigenvalue weighted by atomic mass is 10.0. The second-order valence-corrected chi connectivity index (χ2v) is 5.69. The summed E-state index contributed by atoms with van der Waals surface area (Å²) in [5.74, 6) is 0.618. The lowest BCUT2D eigenvalue weighted by molar-refractivity contribution is 0.0855. The van der Waals surface area contributed by atoms with Crippen molar-refractivity contribution in [1.29, 1.82) is 0 Å². The van der Waals surface area contributed by atoms with Gasteiger partial charge in [0.05, 0.1) is 13.2 Å². The number of piperazine rings is 1. The molecular formula is C15H27N5O. The average molecular weight is 293 g/mol. The molecule has 1 aliphatic heterocycles. The first kappa shape index (κ1) is 16.1. The fourth-order valence-corrected chi connectivity index (χ4v) is 2.83. The summed E-state index contributed by atoms with van der Waals surface area (Å²) in [5, 5.41) is 3.63. The molecule has 0 aromatic carbocycles. The molecule has 2 heterocycles. The van der Waals surface area contributed by atoms with Gasteiger partial charge in [-0.2, -0.15) is 0 Å². The van der Waals surface area contributed by atoms with Crippen molar-refractivity contribution in [2.24, 2.45) is 0 Å². The van der Waals surface area contributed by atoms with E-state index in [0.29, 0.717) is 11.9 Å². The van der Waals surface area contributed by atoms with E-state index in [1.54, 1.807) is 19.5 Å². The highest BCUT2D eigenvalue weighted by atomic mass is 16.5. The van der Waals surface area contributed by atoms with Gasteiger partial charge in [-0.15, -0.1) is 0 Å². The van der Waals surface area contributed by atoms with Crippen LogP contribution in [0, 0.1) is 0 Å². The molecule has 1 aromatic rings. The van der Waals surface area contributed by atoms with Crippen LogP contribution >= 0.6 is 0 Å². The minimum Gasteiger partial charge on any atom is -0.480 e. The Kier molecular flexibility index (Phi) is 5.90. The molecule has 1 N–H and O–H groups in total. The molecule has 2 atom stereocenters. The molecule has 2 rings (SSSR count). The number of rotatable bonds is 6. The quantitative estimate of drug-likeness (QED) is 0.836. The van der Waals surface area contributed by atoms with E-state index in [4.69, 9.17) is 4.74 Å². The monoisotopic (exact) mass is 293 g/mol. The third-order valence-corrected chi connectivity index (χ3v) is 4.08. The number of likely N-dealkylation sites (N-methyl/N-ethyl adjacent to an activating group) is 2. The molecule has 2 unspecified atom stereocenters. The van der Waals surface area contributed by atoms with E-state index in [0.717, 1.165) is 38.3 Å². The van der Waals surface area contributed by atoms with Crippen molar-refractivity contribution in [2.45, 2.75) is 25.4 Å². The van der Waals surface area contributed by atoms with Gasteiger partial charge in [0.25, 0.3) is 0 Å². The van der Waals surface area contributed by atoms with E-state index in [1.165, 1.54) is 0 Å². The molecule has 1 fully saturated rings. The predicted octanol–water partition coefficient (Wildman–Crippen LogP) is 0.772. The highest BCUT2D eigenvalue weighted by Crippen LogP contribution is 2.27. The maximum Gasteiger partial charge on any atom is 0.237 e. The van der Waals surface area contributed by atoms with E-state index >= 15 is 0 Å². The first-order chi connectivity index (χ1) is 10.2. The second-order valence-electron chi connectivity index (χ2n) is 5.69. The van der Waals surface area contributed by atoms with Crippen molar-refractivity contribution in [2.75, 3.05) is 47.4 Å². The summed E-state index contributed by atoms with van der Waals surface area (Å²) in [5.41, 5.74) is 0.903. The zero-order valence-corrected chi connectivity index (χ0v) is 13.5. The third kappa shape index (κ3) is 3.90. The maximum atomic E-state index is 5.41. The van der Waals surface area contributed by atoms with E-state index in [2.05, 4.69) is 46.1 Å². The van der Waals surface area contributed by atoms with Crippen LogP contribution in [0.1, 0.15) is 25.1 Å². The van der Waals surface area contributed by atoms with Crippen LogP contribution in [0.4, 0.5) is 0 Å². The first-order valence-electron chi connectivity index (χ1n) is 7.64. The Morgan fingerprint density at radius 3 is 2.81 bits per heavy atom. The standard InChI is InChI=1S/C15H27N5O/c1-5-6-16-13(12-11-19(2)9-10-20(12)3)14-15(21-4)18-8-7-17-14/h7-8,12-13,16H,5-6,9-11H2,1-4H3.